The summed E-state index contributed by atoms with van der Waals surface area (Å²) in [6.45, 7) is 3.43. The number of rotatable bonds is 7. The summed E-state index contributed by atoms with van der Waals surface area (Å²) in [7, 11) is -2.28. The number of nitro groups is 1. The third-order valence-corrected chi connectivity index (χ3v) is 5.57. The van der Waals surface area contributed by atoms with Crippen molar-refractivity contribution < 1.29 is 18.1 Å². The second kappa shape index (κ2) is 8.39. The first-order chi connectivity index (χ1) is 13.0. The number of nitro benzene ring substituents is 1. The van der Waals surface area contributed by atoms with Crippen LogP contribution in [0.3, 0.4) is 0 Å². The SMILES string of the molecule is Cc1ccc([N+](=O)[O-])cc1N(C(C)C(=O)N(C)Cc1ccccc1)S(C)(=O)=O. The fourth-order valence-corrected chi connectivity index (χ4v) is 4.20. The maximum absolute atomic E-state index is 12.9. The Morgan fingerprint density at radius 3 is 2.32 bits per heavy atom. The van der Waals surface area contributed by atoms with E-state index in [0.717, 1.165) is 16.1 Å². The van der Waals surface area contributed by atoms with Gasteiger partial charge < -0.3 is 4.90 Å². The molecule has 1 atom stereocenters. The van der Waals surface area contributed by atoms with Gasteiger partial charge in [0.25, 0.3) is 5.69 Å². The van der Waals surface area contributed by atoms with Crippen molar-refractivity contribution in [3.63, 3.8) is 0 Å². The molecule has 2 aromatic carbocycles. The van der Waals surface area contributed by atoms with Gasteiger partial charge in [0.15, 0.2) is 0 Å². The van der Waals surface area contributed by atoms with Crippen LogP contribution < -0.4 is 4.31 Å². The summed E-state index contributed by atoms with van der Waals surface area (Å²) in [4.78, 5) is 24.9. The highest BCUT2D eigenvalue weighted by Crippen LogP contribution is 2.29. The van der Waals surface area contributed by atoms with Gasteiger partial charge in [-0.1, -0.05) is 36.4 Å². The van der Waals surface area contributed by atoms with Crippen LogP contribution in [0, 0.1) is 17.0 Å². The molecule has 0 aliphatic carbocycles. The van der Waals surface area contributed by atoms with E-state index < -0.39 is 26.9 Å². The minimum atomic E-state index is -3.87. The van der Waals surface area contributed by atoms with Crippen LogP contribution in [0.25, 0.3) is 0 Å². The molecule has 0 saturated heterocycles. The number of benzene rings is 2. The molecule has 9 heteroatoms. The average molecular weight is 405 g/mol. The van der Waals surface area contributed by atoms with E-state index >= 15 is 0 Å². The molecule has 150 valence electrons. The first-order valence-corrected chi connectivity index (χ1v) is 10.4. The number of hydrogen-bond donors (Lipinski definition) is 0. The van der Waals surface area contributed by atoms with E-state index in [1.807, 2.05) is 30.3 Å². The van der Waals surface area contributed by atoms with E-state index in [1.54, 1.807) is 14.0 Å². The third-order valence-electron chi connectivity index (χ3n) is 4.35. The number of non-ortho nitro benzene ring substituents is 1. The fourth-order valence-electron chi connectivity index (χ4n) is 2.98. The number of carbonyl (C=O) groups is 1. The summed E-state index contributed by atoms with van der Waals surface area (Å²) < 4.78 is 25.9. The Hall–Kier alpha value is -2.94. The Labute approximate surface area is 164 Å². The smallest absolute Gasteiger partial charge is 0.271 e. The summed E-state index contributed by atoms with van der Waals surface area (Å²) in [6, 6.07) is 12.2. The van der Waals surface area contributed by atoms with E-state index in [1.165, 1.54) is 30.0 Å². The fraction of sp³-hybridized carbons (Fsp3) is 0.316. The van der Waals surface area contributed by atoms with Crippen LogP contribution in [0.15, 0.2) is 48.5 Å². The predicted octanol–water partition coefficient (Wildman–Crippen LogP) is 2.72. The van der Waals surface area contributed by atoms with Crippen molar-refractivity contribution in [3.8, 4) is 0 Å². The van der Waals surface area contributed by atoms with Crippen LogP contribution in [-0.2, 0) is 21.4 Å². The van der Waals surface area contributed by atoms with Crippen molar-refractivity contribution in [2.45, 2.75) is 26.4 Å². The Balaban J connectivity index is 2.39. The zero-order valence-electron chi connectivity index (χ0n) is 16.2. The van der Waals surface area contributed by atoms with Crippen LogP contribution in [0.4, 0.5) is 11.4 Å². The van der Waals surface area contributed by atoms with Gasteiger partial charge in [-0.05, 0) is 25.0 Å². The highest BCUT2D eigenvalue weighted by Gasteiger charge is 2.32. The molecular formula is C19H23N3O5S. The largest absolute Gasteiger partial charge is 0.340 e. The van der Waals surface area contributed by atoms with Crippen LogP contribution in [0.2, 0.25) is 0 Å². The van der Waals surface area contributed by atoms with Gasteiger partial charge in [0.1, 0.15) is 6.04 Å². The van der Waals surface area contributed by atoms with Crippen molar-refractivity contribution in [1.82, 2.24) is 4.90 Å². The molecule has 0 N–H and O–H groups in total. The van der Waals surface area contributed by atoms with Gasteiger partial charge in [0, 0.05) is 25.7 Å². The molecule has 0 bridgehead atoms. The highest BCUT2D eigenvalue weighted by atomic mass is 32.2. The monoisotopic (exact) mass is 405 g/mol. The van der Waals surface area contributed by atoms with Gasteiger partial charge in [-0.15, -0.1) is 0 Å². The molecule has 0 aromatic heterocycles. The topological polar surface area (TPSA) is 101 Å². The molecule has 0 fully saturated rings. The van der Waals surface area contributed by atoms with Gasteiger partial charge >= 0.3 is 0 Å². The lowest BCUT2D eigenvalue weighted by Gasteiger charge is -2.32. The second-order valence-corrected chi connectivity index (χ2v) is 8.50. The van der Waals surface area contributed by atoms with E-state index in [-0.39, 0.29) is 11.4 Å². The highest BCUT2D eigenvalue weighted by molar-refractivity contribution is 7.92. The zero-order valence-corrected chi connectivity index (χ0v) is 17.0. The number of sulfonamides is 1. The summed E-state index contributed by atoms with van der Waals surface area (Å²) >= 11 is 0. The number of carbonyl (C=O) groups excluding carboxylic acids is 1. The Kier molecular flexibility index (Phi) is 6.40. The molecule has 8 nitrogen and oxygen atoms in total. The van der Waals surface area contributed by atoms with Gasteiger partial charge in [-0.2, -0.15) is 0 Å². The minimum Gasteiger partial charge on any atom is -0.340 e. The normalized spacial score (nSPS) is 12.3. The average Bonchev–Trinajstić information content (AvgIpc) is 2.62. The predicted molar refractivity (Wildman–Crippen MR) is 108 cm³/mol. The van der Waals surface area contributed by atoms with E-state index in [4.69, 9.17) is 0 Å². The lowest BCUT2D eigenvalue weighted by atomic mass is 10.1. The van der Waals surface area contributed by atoms with Gasteiger partial charge in [0.05, 0.1) is 16.9 Å². The van der Waals surface area contributed by atoms with Crippen LogP contribution in [0.1, 0.15) is 18.1 Å². The molecule has 2 rings (SSSR count). The first kappa shape index (κ1) is 21.4. The summed E-state index contributed by atoms with van der Waals surface area (Å²) in [5.41, 5.74) is 1.29. The molecule has 1 amide bonds. The Bertz CT molecular complexity index is 976. The first-order valence-electron chi connectivity index (χ1n) is 8.55. The molecule has 2 aromatic rings. The molecule has 1 unspecified atom stereocenters. The Morgan fingerprint density at radius 1 is 1.18 bits per heavy atom. The van der Waals surface area contributed by atoms with Crippen LogP contribution in [-0.4, -0.2) is 43.5 Å². The quantitative estimate of drug-likeness (QED) is 0.521. The number of nitrogens with zero attached hydrogens (tertiary/aromatic N) is 3. The Morgan fingerprint density at radius 2 is 1.79 bits per heavy atom. The van der Waals surface area contributed by atoms with E-state index in [2.05, 4.69) is 0 Å². The minimum absolute atomic E-state index is 0.116. The second-order valence-electron chi connectivity index (χ2n) is 6.64. The number of hydrogen-bond acceptors (Lipinski definition) is 5. The number of likely N-dealkylation sites (N-methyl/N-ethyl adjacent to an activating group) is 1. The molecule has 0 aliphatic rings. The number of amides is 1. The van der Waals surface area contributed by atoms with E-state index in [0.29, 0.717) is 12.1 Å². The van der Waals surface area contributed by atoms with Crippen molar-refractivity contribution in [3.05, 3.63) is 69.8 Å². The molecule has 0 radical (unpaired) electrons. The standard InChI is InChI=1S/C19H23N3O5S/c1-14-10-11-17(22(24)25)12-18(14)21(28(4,26)27)15(2)19(23)20(3)13-16-8-6-5-7-9-16/h5-12,15H,13H2,1-4H3. The van der Waals surface area contributed by atoms with Crippen LogP contribution in [0.5, 0.6) is 0 Å². The van der Waals surface area contributed by atoms with Gasteiger partial charge in [-0.3, -0.25) is 19.2 Å². The molecule has 28 heavy (non-hydrogen) atoms. The molecular weight excluding hydrogens is 382 g/mol. The van der Waals surface area contributed by atoms with Crippen molar-refractivity contribution in [2.75, 3.05) is 17.6 Å². The number of anilines is 1. The van der Waals surface area contributed by atoms with Crippen molar-refractivity contribution in [2.24, 2.45) is 0 Å². The van der Waals surface area contributed by atoms with Crippen molar-refractivity contribution in [1.29, 1.82) is 0 Å². The van der Waals surface area contributed by atoms with Gasteiger partial charge in [-0.25, -0.2) is 8.42 Å². The van der Waals surface area contributed by atoms with Crippen LogP contribution >= 0.6 is 0 Å². The molecule has 0 heterocycles. The van der Waals surface area contributed by atoms with Gasteiger partial charge in [0.2, 0.25) is 15.9 Å². The maximum atomic E-state index is 12.9. The van der Waals surface area contributed by atoms with Crippen molar-refractivity contribution >= 4 is 27.3 Å². The molecule has 0 aliphatic heterocycles. The number of aryl methyl sites for hydroxylation is 1. The molecule has 0 saturated carbocycles. The summed E-state index contributed by atoms with van der Waals surface area (Å²) in [6.07, 6.45) is 0.978. The lowest BCUT2D eigenvalue weighted by molar-refractivity contribution is -0.384. The van der Waals surface area contributed by atoms with E-state index in [9.17, 15) is 23.3 Å². The summed E-state index contributed by atoms with van der Waals surface area (Å²) in [5, 5.41) is 11.1. The summed E-state index contributed by atoms with van der Waals surface area (Å²) in [5.74, 6) is -0.416. The molecule has 0 spiro atoms. The zero-order chi connectivity index (χ0) is 21.1. The third kappa shape index (κ3) is 4.86. The maximum Gasteiger partial charge on any atom is 0.271 e. The lowest BCUT2D eigenvalue weighted by Crippen LogP contribution is -2.48.